The number of aliphatic hydroxyl groups is 1. The molecule has 0 aromatic rings. The molecule has 0 aliphatic heterocycles. The fraction of sp³-hybridized carbons (Fsp3) is 1.00. The van der Waals surface area contributed by atoms with Crippen molar-refractivity contribution in [1.82, 2.24) is 4.90 Å². The van der Waals surface area contributed by atoms with Gasteiger partial charge in [0.25, 0.3) is 0 Å². The van der Waals surface area contributed by atoms with Crippen LogP contribution in [0.15, 0.2) is 0 Å². The molecule has 0 aliphatic carbocycles. The highest BCUT2D eigenvalue weighted by Crippen LogP contribution is 2.03. The van der Waals surface area contributed by atoms with Crippen LogP contribution < -0.4 is 5.73 Å². The lowest BCUT2D eigenvalue weighted by Gasteiger charge is -2.30. The molecule has 0 rings (SSSR count). The fourth-order valence-corrected chi connectivity index (χ4v) is 1.29. The maximum absolute atomic E-state index is 9.01. The molecule has 3 heteroatoms. The van der Waals surface area contributed by atoms with Crippen LogP contribution in [0.4, 0.5) is 0 Å². The van der Waals surface area contributed by atoms with Gasteiger partial charge in [0.15, 0.2) is 0 Å². The van der Waals surface area contributed by atoms with Crippen LogP contribution in [-0.2, 0) is 0 Å². The van der Waals surface area contributed by atoms with Gasteiger partial charge in [-0.1, -0.05) is 20.3 Å². The largest absolute Gasteiger partial charge is 0.394 e. The smallest absolute Gasteiger partial charge is 0.0621 e. The molecule has 0 fully saturated rings. The summed E-state index contributed by atoms with van der Waals surface area (Å²) in [6, 6.07) is 0. The Morgan fingerprint density at radius 1 is 1.38 bits per heavy atom. The molecule has 1 unspecified atom stereocenters. The summed E-state index contributed by atoms with van der Waals surface area (Å²) < 4.78 is 0. The van der Waals surface area contributed by atoms with Crippen molar-refractivity contribution in [2.24, 2.45) is 5.73 Å². The van der Waals surface area contributed by atoms with Gasteiger partial charge in [0.1, 0.15) is 0 Å². The third kappa shape index (κ3) is 6.02. The Morgan fingerprint density at radius 3 is 2.38 bits per heavy atom. The Kier molecular flexibility index (Phi) is 6.29. The molecular weight excluding hydrogens is 164 g/mol. The molecule has 80 valence electrons. The number of nitrogens with zero attached hydrogens (tertiary/aromatic N) is 1. The lowest BCUT2D eigenvalue weighted by atomic mass is 10.0. The van der Waals surface area contributed by atoms with E-state index in [1.807, 2.05) is 6.92 Å². The van der Waals surface area contributed by atoms with Crippen LogP contribution in [0.1, 0.15) is 33.6 Å². The molecule has 0 saturated heterocycles. The van der Waals surface area contributed by atoms with Crippen LogP contribution in [0.2, 0.25) is 0 Å². The average Bonchev–Trinajstić information content (AvgIpc) is 2.12. The Labute approximate surface area is 81.9 Å². The summed E-state index contributed by atoms with van der Waals surface area (Å²) >= 11 is 0. The fourth-order valence-electron chi connectivity index (χ4n) is 1.29. The second-order valence-corrected chi connectivity index (χ2v) is 4.03. The van der Waals surface area contributed by atoms with Crippen LogP contribution in [-0.4, -0.2) is 41.8 Å². The summed E-state index contributed by atoms with van der Waals surface area (Å²) in [6.07, 6.45) is 2.41. The Bertz CT molecular complexity index is 126. The lowest BCUT2D eigenvalue weighted by molar-refractivity contribution is 0.150. The number of hydrogen-bond donors (Lipinski definition) is 2. The molecule has 0 saturated carbocycles. The molecule has 3 N–H and O–H groups in total. The first-order valence-corrected chi connectivity index (χ1v) is 5.17. The van der Waals surface area contributed by atoms with E-state index in [4.69, 9.17) is 10.8 Å². The minimum absolute atomic E-state index is 0.0512. The average molecular weight is 188 g/mol. The summed E-state index contributed by atoms with van der Waals surface area (Å²) in [6.45, 7) is 9.12. The molecule has 0 amide bonds. The normalized spacial score (nSPS) is 16.2. The number of hydrogen-bond acceptors (Lipinski definition) is 3. The predicted octanol–water partition coefficient (Wildman–Crippen LogP) is 0.818. The molecule has 1 atom stereocenters. The Balaban J connectivity index is 3.82. The molecule has 0 aromatic carbocycles. The van der Waals surface area contributed by atoms with E-state index in [2.05, 4.69) is 18.7 Å². The zero-order chi connectivity index (χ0) is 10.3. The van der Waals surface area contributed by atoms with Gasteiger partial charge < -0.3 is 15.7 Å². The van der Waals surface area contributed by atoms with Gasteiger partial charge >= 0.3 is 0 Å². The Morgan fingerprint density at radius 2 is 2.00 bits per heavy atom. The summed E-state index contributed by atoms with van der Waals surface area (Å²) in [5, 5.41) is 9.01. The monoisotopic (exact) mass is 188 g/mol. The van der Waals surface area contributed by atoms with Gasteiger partial charge in [0, 0.05) is 12.1 Å². The third-order valence-electron chi connectivity index (χ3n) is 2.22. The molecule has 3 nitrogen and oxygen atoms in total. The van der Waals surface area contributed by atoms with E-state index in [-0.39, 0.29) is 6.61 Å². The van der Waals surface area contributed by atoms with Gasteiger partial charge in [0.2, 0.25) is 0 Å². The number of nitrogens with two attached hydrogens (primary N) is 1. The van der Waals surface area contributed by atoms with E-state index in [0.29, 0.717) is 0 Å². The van der Waals surface area contributed by atoms with Crippen LogP contribution in [0.25, 0.3) is 0 Å². The van der Waals surface area contributed by atoms with Gasteiger partial charge in [-0.2, -0.15) is 0 Å². The molecule has 0 aromatic heterocycles. The minimum atomic E-state index is -0.455. The van der Waals surface area contributed by atoms with Gasteiger partial charge in [-0.3, -0.25) is 0 Å². The van der Waals surface area contributed by atoms with Crippen LogP contribution >= 0.6 is 0 Å². The first kappa shape index (κ1) is 12.9. The third-order valence-corrected chi connectivity index (χ3v) is 2.22. The van der Waals surface area contributed by atoms with Crippen molar-refractivity contribution in [1.29, 1.82) is 0 Å². The van der Waals surface area contributed by atoms with E-state index in [1.54, 1.807) is 0 Å². The topological polar surface area (TPSA) is 49.5 Å². The highest BCUT2D eigenvalue weighted by Gasteiger charge is 2.19. The van der Waals surface area contributed by atoms with Crippen LogP contribution in [0.3, 0.4) is 0 Å². The van der Waals surface area contributed by atoms with Gasteiger partial charge in [-0.05, 0) is 26.4 Å². The van der Waals surface area contributed by atoms with Gasteiger partial charge in [-0.15, -0.1) is 0 Å². The molecule has 0 radical (unpaired) electrons. The van der Waals surface area contributed by atoms with Gasteiger partial charge in [-0.25, -0.2) is 0 Å². The number of likely N-dealkylation sites (N-methyl/N-ethyl adjacent to an activating group) is 1. The SMILES string of the molecule is CCCCN(CC)CC(C)(N)CO. The molecule has 0 aliphatic rings. The van der Waals surface area contributed by atoms with E-state index >= 15 is 0 Å². The predicted molar refractivity (Wildman–Crippen MR) is 56.7 cm³/mol. The zero-order valence-electron chi connectivity index (χ0n) is 9.21. The molecule has 13 heavy (non-hydrogen) atoms. The van der Waals surface area contributed by atoms with E-state index in [0.717, 1.165) is 19.6 Å². The van der Waals surface area contributed by atoms with Crippen molar-refractivity contribution in [2.45, 2.75) is 39.2 Å². The van der Waals surface area contributed by atoms with Crippen molar-refractivity contribution in [3.05, 3.63) is 0 Å². The lowest BCUT2D eigenvalue weighted by Crippen LogP contribution is -2.50. The Hall–Kier alpha value is -0.120. The van der Waals surface area contributed by atoms with E-state index in [1.165, 1.54) is 12.8 Å². The first-order valence-electron chi connectivity index (χ1n) is 5.17. The maximum Gasteiger partial charge on any atom is 0.0621 e. The second-order valence-electron chi connectivity index (χ2n) is 4.03. The molecule has 0 spiro atoms. The summed E-state index contributed by atoms with van der Waals surface area (Å²) in [7, 11) is 0. The van der Waals surface area contributed by atoms with Crippen molar-refractivity contribution in [2.75, 3.05) is 26.2 Å². The molecule has 0 heterocycles. The van der Waals surface area contributed by atoms with Crippen LogP contribution in [0, 0.1) is 0 Å². The first-order chi connectivity index (χ1) is 6.05. The van der Waals surface area contributed by atoms with Crippen molar-refractivity contribution in [3.8, 4) is 0 Å². The van der Waals surface area contributed by atoms with Crippen LogP contribution in [0.5, 0.6) is 0 Å². The summed E-state index contributed by atoms with van der Waals surface area (Å²) in [4.78, 5) is 2.29. The van der Waals surface area contributed by atoms with Crippen molar-refractivity contribution in [3.63, 3.8) is 0 Å². The zero-order valence-corrected chi connectivity index (χ0v) is 9.21. The van der Waals surface area contributed by atoms with Gasteiger partial charge in [0.05, 0.1) is 6.61 Å². The number of rotatable bonds is 7. The second kappa shape index (κ2) is 6.35. The quantitative estimate of drug-likeness (QED) is 0.622. The van der Waals surface area contributed by atoms with Crippen molar-refractivity contribution >= 4 is 0 Å². The van der Waals surface area contributed by atoms with Crippen molar-refractivity contribution < 1.29 is 5.11 Å². The number of aliphatic hydroxyl groups excluding tert-OH is 1. The van der Waals surface area contributed by atoms with E-state index < -0.39 is 5.54 Å². The minimum Gasteiger partial charge on any atom is -0.394 e. The summed E-state index contributed by atoms with van der Waals surface area (Å²) in [5.41, 5.74) is 5.42. The molecule has 0 bridgehead atoms. The highest BCUT2D eigenvalue weighted by molar-refractivity contribution is 4.81. The molecular formula is C10H24N2O. The van der Waals surface area contributed by atoms with E-state index in [9.17, 15) is 0 Å². The summed E-state index contributed by atoms with van der Waals surface area (Å²) in [5.74, 6) is 0. The number of unbranched alkanes of at least 4 members (excludes halogenated alkanes) is 1. The highest BCUT2D eigenvalue weighted by atomic mass is 16.3. The standard InChI is InChI=1S/C10H24N2O/c1-4-6-7-12(5-2)8-10(3,11)9-13/h13H,4-9,11H2,1-3H3. The maximum atomic E-state index is 9.01.